The number of hydrogen-bond acceptors (Lipinski definition) is 3. The molecule has 0 radical (unpaired) electrons. The van der Waals surface area contributed by atoms with Crippen molar-refractivity contribution in [2.75, 3.05) is 7.05 Å². The maximum absolute atomic E-state index is 12.4. The molecule has 0 aliphatic heterocycles. The molecule has 0 bridgehead atoms. The molecule has 2 aromatic carbocycles. The molecule has 0 aliphatic rings. The number of nitrogens with zero attached hydrogens (tertiary/aromatic N) is 2. The highest BCUT2D eigenvalue weighted by Crippen LogP contribution is 2.22. The van der Waals surface area contributed by atoms with E-state index in [0.717, 1.165) is 28.1 Å². The van der Waals surface area contributed by atoms with Crippen molar-refractivity contribution in [3.05, 3.63) is 65.2 Å². The van der Waals surface area contributed by atoms with Gasteiger partial charge >= 0.3 is 6.03 Å². The van der Waals surface area contributed by atoms with Crippen LogP contribution in [0.5, 0.6) is 0 Å². The number of carbonyl (C=O) groups is 1. The molecular formula is C20H23N3OS. The minimum absolute atomic E-state index is 0.0557. The number of carbonyl (C=O) groups excluding carboxylic acids is 1. The van der Waals surface area contributed by atoms with E-state index < -0.39 is 0 Å². The molecule has 1 aromatic heterocycles. The van der Waals surface area contributed by atoms with Gasteiger partial charge in [0.05, 0.1) is 16.8 Å². The first-order valence-electron chi connectivity index (χ1n) is 8.52. The molecule has 0 fully saturated rings. The van der Waals surface area contributed by atoms with Crippen LogP contribution in [0.4, 0.5) is 4.79 Å². The Hall–Kier alpha value is -2.40. The van der Waals surface area contributed by atoms with E-state index in [2.05, 4.69) is 28.5 Å². The highest BCUT2D eigenvalue weighted by molar-refractivity contribution is 7.18. The average Bonchev–Trinajstić information content (AvgIpc) is 3.03. The van der Waals surface area contributed by atoms with Crippen molar-refractivity contribution in [3.8, 4) is 0 Å². The highest BCUT2D eigenvalue weighted by Gasteiger charge is 2.14. The van der Waals surface area contributed by atoms with E-state index >= 15 is 0 Å². The van der Waals surface area contributed by atoms with Crippen LogP contribution >= 0.6 is 11.3 Å². The third kappa shape index (κ3) is 4.79. The van der Waals surface area contributed by atoms with Crippen LogP contribution in [0.15, 0.2) is 54.6 Å². The molecule has 5 heteroatoms. The lowest BCUT2D eigenvalue weighted by Gasteiger charge is -2.20. The third-order valence-corrected chi connectivity index (χ3v) is 5.16. The lowest BCUT2D eigenvalue weighted by Crippen LogP contribution is -2.41. The minimum atomic E-state index is -0.0557. The van der Waals surface area contributed by atoms with Crippen molar-refractivity contribution < 1.29 is 4.79 Å². The summed E-state index contributed by atoms with van der Waals surface area (Å²) in [5.41, 5.74) is 2.29. The van der Waals surface area contributed by atoms with E-state index in [1.807, 2.05) is 50.4 Å². The molecule has 1 heterocycles. The Kier molecular flexibility index (Phi) is 5.66. The topological polar surface area (TPSA) is 45.2 Å². The van der Waals surface area contributed by atoms with Gasteiger partial charge < -0.3 is 10.2 Å². The lowest BCUT2D eigenvalue weighted by atomic mass is 10.1. The van der Waals surface area contributed by atoms with Gasteiger partial charge in [0.2, 0.25) is 0 Å². The Labute approximate surface area is 152 Å². The Morgan fingerprint density at radius 2 is 1.88 bits per heavy atom. The van der Waals surface area contributed by atoms with E-state index in [1.54, 1.807) is 16.2 Å². The molecule has 3 rings (SSSR count). The predicted molar refractivity (Wildman–Crippen MR) is 104 cm³/mol. The Balaban J connectivity index is 1.49. The quantitative estimate of drug-likeness (QED) is 0.711. The van der Waals surface area contributed by atoms with Crippen LogP contribution in [0.25, 0.3) is 10.2 Å². The van der Waals surface area contributed by atoms with Crippen LogP contribution in [0.3, 0.4) is 0 Å². The predicted octanol–water partition coefficient (Wildman–Crippen LogP) is 4.46. The van der Waals surface area contributed by atoms with Crippen LogP contribution in [0.2, 0.25) is 0 Å². The van der Waals surface area contributed by atoms with E-state index in [0.29, 0.717) is 6.54 Å². The maximum atomic E-state index is 12.4. The molecule has 1 unspecified atom stereocenters. The van der Waals surface area contributed by atoms with Gasteiger partial charge in [0.1, 0.15) is 5.01 Å². The Morgan fingerprint density at radius 1 is 1.16 bits per heavy atom. The molecule has 25 heavy (non-hydrogen) atoms. The van der Waals surface area contributed by atoms with E-state index in [4.69, 9.17) is 0 Å². The van der Waals surface area contributed by atoms with Crippen molar-refractivity contribution >= 4 is 27.6 Å². The second-order valence-electron chi connectivity index (χ2n) is 6.31. The monoisotopic (exact) mass is 353 g/mol. The number of para-hydroxylation sites is 1. The summed E-state index contributed by atoms with van der Waals surface area (Å²) < 4.78 is 1.16. The molecule has 0 saturated carbocycles. The van der Waals surface area contributed by atoms with Gasteiger partial charge in [-0.25, -0.2) is 9.78 Å². The van der Waals surface area contributed by atoms with Crippen LogP contribution < -0.4 is 5.32 Å². The van der Waals surface area contributed by atoms with Crippen LogP contribution in [-0.4, -0.2) is 29.0 Å². The first kappa shape index (κ1) is 17.4. The van der Waals surface area contributed by atoms with Crippen LogP contribution in [0, 0.1) is 0 Å². The first-order valence-corrected chi connectivity index (χ1v) is 9.33. The normalized spacial score (nSPS) is 12.1. The van der Waals surface area contributed by atoms with Gasteiger partial charge in [0.25, 0.3) is 0 Å². The molecule has 0 aliphatic carbocycles. The maximum Gasteiger partial charge on any atom is 0.317 e. The summed E-state index contributed by atoms with van der Waals surface area (Å²) in [5.74, 6) is 0. The van der Waals surface area contributed by atoms with Crippen molar-refractivity contribution in [2.45, 2.75) is 32.4 Å². The van der Waals surface area contributed by atoms with Crippen molar-refractivity contribution in [1.82, 2.24) is 15.2 Å². The van der Waals surface area contributed by atoms with E-state index in [-0.39, 0.29) is 12.1 Å². The van der Waals surface area contributed by atoms with Gasteiger partial charge in [-0.2, -0.15) is 0 Å². The number of benzene rings is 2. The molecule has 3 aromatic rings. The molecule has 1 atom stereocenters. The zero-order valence-corrected chi connectivity index (χ0v) is 15.4. The minimum Gasteiger partial charge on any atom is -0.336 e. The van der Waals surface area contributed by atoms with Gasteiger partial charge in [0, 0.05) is 13.1 Å². The zero-order chi connectivity index (χ0) is 17.6. The number of nitrogens with one attached hydrogen (secondary N) is 1. The van der Waals surface area contributed by atoms with Crippen molar-refractivity contribution in [3.63, 3.8) is 0 Å². The standard InChI is InChI=1S/C20H23N3OS/c1-15(12-13-16-8-4-3-5-9-16)21-20(24)23(2)14-19-22-17-10-6-7-11-18(17)25-19/h3-11,15H,12-14H2,1-2H3,(H,21,24). The van der Waals surface area contributed by atoms with Crippen LogP contribution in [0.1, 0.15) is 23.9 Å². The summed E-state index contributed by atoms with van der Waals surface area (Å²) in [6, 6.07) is 18.5. The van der Waals surface area contributed by atoms with Crippen molar-refractivity contribution in [2.24, 2.45) is 0 Å². The van der Waals surface area contributed by atoms with Gasteiger partial charge in [0.15, 0.2) is 0 Å². The Morgan fingerprint density at radius 3 is 2.64 bits per heavy atom. The van der Waals surface area contributed by atoms with Gasteiger partial charge in [-0.3, -0.25) is 0 Å². The second kappa shape index (κ2) is 8.12. The van der Waals surface area contributed by atoms with Crippen LogP contribution in [-0.2, 0) is 13.0 Å². The number of fused-ring (bicyclic) bond motifs is 1. The number of aryl methyl sites for hydroxylation is 1. The second-order valence-corrected chi connectivity index (χ2v) is 7.42. The van der Waals surface area contributed by atoms with Gasteiger partial charge in [-0.1, -0.05) is 42.5 Å². The summed E-state index contributed by atoms with van der Waals surface area (Å²) in [6.45, 7) is 2.57. The number of amides is 2. The Bertz CT molecular complexity index is 798. The lowest BCUT2D eigenvalue weighted by molar-refractivity contribution is 0.203. The summed E-state index contributed by atoms with van der Waals surface area (Å²) in [4.78, 5) is 18.7. The summed E-state index contributed by atoms with van der Waals surface area (Å²) in [7, 11) is 1.81. The molecule has 0 saturated heterocycles. The molecule has 4 nitrogen and oxygen atoms in total. The molecule has 1 N–H and O–H groups in total. The fourth-order valence-electron chi connectivity index (χ4n) is 2.68. The molecule has 0 spiro atoms. The fraction of sp³-hybridized carbons (Fsp3) is 0.300. The highest BCUT2D eigenvalue weighted by atomic mass is 32.1. The summed E-state index contributed by atoms with van der Waals surface area (Å²) in [5, 5.41) is 4.02. The number of thiazole rings is 1. The fourth-order valence-corrected chi connectivity index (χ4v) is 3.70. The van der Waals surface area contributed by atoms with Gasteiger partial charge in [-0.15, -0.1) is 11.3 Å². The number of aromatic nitrogens is 1. The summed E-state index contributed by atoms with van der Waals surface area (Å²) >= 11 is 1.64. The number of hydrogen-bond donors (Lipinski definition) is 1. The smallest absolute Gasteiger partial charge is 0.317 e. The molecule has 2 amide bonds. The summed E-state index contributed by atoms with van der Waals surface area (Å²) in [6.07, 6.45) is 1.88. The van der Waals surface area contributed by atoms with Gasteiger partial charge in [-0.05, 0) is 37.5 Å². The van der Waals surface area contributed by atoms with E-state index in [1.165, 1.54) is 5.56 Å². The SMILES string of the molecule is CC(CCc1ccccc1)NC(=O)N(C)Cc1nc2ccccc2s1. The number of urea groups is 1. The largest absolute Gasteiger partial charge is 0.336 e. The zero-order valence-electron chi connectivity index (χ0n) is 14.6. The molecule has 130 valence electrons. The number of rotatable bonds is 6. The van der Waals surface area contributed by atoms with Crippen molar-refractivity contribution in [1.29, 1.82) is 0 Å². The molecular weight excluding hydrogens is 330 g/mol. The third-order valence-electron chi connectivity index (χ3n) is 4.14. The van der Waals surface area contributed by atoms with E-state index in [9.17, 15) is 4.79 Å². The first-order chi connectivity index (χ1) is 12.1. The average molecular weight is 353 g/mol.